The summed E-state index contributed by atoms with van der Waals surface area (Å²) in [5.41, 5.74) is 3.37. The SMILES string of the molecule is CC(C)Cn1ncnc1CC(NN)c1ncc(Cl)cc1Cl. The average molecular weight is 329 g/mol. The predicted octanol–water partition coefficient (Wildman–Crippen LogP) is 2.38. The van der Waals surface area contributed by atoms with Crippen LogP contribution in [0, 0.1) is 5.92 Å². The molecular weight excluding hydrogens is 311 g/mol. The van der Waals surface area contributed by atoms with Crippen LogP contribution in [0.15, 0.2) is 18.6 Å². The summed E-state index contributed by atoms with van der Waals surface area (Å²) in [6.07, 6.45) is 3.63. The summed E-state index contributed by atoms with van der Waals surface area (Å²) < 4.78 is 1.87. The molecule has 0 spiro atoms. The standard InChI is InChI=1S/C13H18Cl2N6/c1-8(2)6-21-12(18-7-19-21)4-11(20-16)13-10(15)3-9(14)5-17-13/h3,5,7-8,11,20H,4,6,16H2,1-2H3. The quantitative estimate of drug-likeness (QED) is 0.628. The van der Waals surface area contributed by atoms with Crippen molar-refractivity contribution >= 4 is 23.2 Å². The Balaban J connectivity index is 2.21. The maximum atomic E-state index is 6.18. The van der Waals surface area contributed by atoms with Crippen molar-refractivity contribution in [1.82, 2.24) is 25.2 Å². The van der Waals surface area contributed by atoms with Crippen LogP contribution in [0.3, 0.4) is 0 Å². The first-order valence-electron chi connectivity index (χ1n) is 6.65. The molecule has 3 N–H and O–H groups in total. The lowest BCUT2D eigenvalue weighted by molar-refractivity contribution is 0.444. The van der Waals surface area contributed by atoms with E-state index in [-0.39, 0.29) is 6.04 Å². The van der Waals surface area contributed by atoms with Gasteiger partial charge in [0.25, 0.3) is 0 Å². The molecule has 0 aromatic carbocycles. The number of pyridine rings is 1. The summed E-state index contributed by atoms with van der Waals surface area (Å²) in [6.45, 7) is 5.05. The fraction of sp³-hybridized carbons (Fsp3) is 0.462. The molecule has 0 saturated carbocycles. The minimum absolute atomic E-state index is 0.259. The summed E-state index contributed by atoms with van der Waals surface area (Å²) in [5, 5.41) is 5.20. The highest BCUT2D eigenvalue weighted by molar-refractivity contribution is 6.34. The summed E-state index contributed by atoms with van der Waals surface area (Å²) in [4.78, 5) is 8.55. The number of rotatable bonds is 6. The molecule has 6 nitrogen and oxygen atoms in total. The highest BCUT2D eigenvalue weighted by Gasteiger charge is 2.19. The summed E-state index contributed by atoms with van der Waals surface area (Å²) >= 11 is 12.0. The van der Waals surface area contributed by atoms with Gasteiger partial charge in [-0.25, -0.2) is 9.67 Å². The number of nitrogens with one attached hydrogen (secondary N) is 1. The maximum Gasteiger partial charge on any atom is 0.138 e. The number of aromatic nitrogens is 4. The van der Waals surface area contributed by atoms with Crippen molar-refractivity contribution in [3.8, 4) is 0 Å². The van der Waals surface area contributed by atoms with E-state index in [4.69, 9.17) is 29.0 Å². The third-order valence-electron chi connectivity index (χ3n) is 2.99. The normalized spacial score (nSPS) is 12.9. The van der Waals surface area contributed by atoms with Gasteiger partial charge in [0.15, 0.2) is 0 Å². The number of hydrogen-bond donors (Lipinski definition) is 2. The molecule has 0 fully saturated rings. The van der Waals surface area contributed by atoms with Crippen molar-refractivity contribution in [2.24, 2.45) is 11.8 Å². The van der Waals surface area contributed by atoms with Crippen molar-refractivity contribution in [1.29, 1.82) is 0 Å². The van der Waals surface area contributed by atoms with E-state index < -0.39 is 0 Å². The Labute approximate surface area is 133 Å². The molecule has 0 aliphatic carbocycles. The topological polar surface area (TPSA) is 81.7 Å². The number of nitrogens with two attached hydrogens (primary N) is 1. The molecule has 0 amide bonds. The van der Waals surface area contributed by atoms with Gasteiger partial charge in [-0.05, 0) is 12.0 Å². The van der Waals surface area contributed by atoms with Gasteiger partial charge in [-0.2, -0.15) is 5.10 Å². The number of hydrogen-bond acceptors (Lipinski definition) is 5. The number of hydrazine groups is 1. The molecule has 0 aliphatic heterocycles. The zero-order chi connectivity index (χ0) is 15.4. The van der Waals surface area contributed by atoms with E-state index in [1.807, 2.05) is 4.68 Å². The number of nitrogens with zero attached hydrogens (tertiary/aromatic N) is 4. The zero-order valence-electron chi connectivity index (χ0n) is 11.9. The predicted molar refractivity (Wildman–Crippen MR) is 82.9 cm³/mol. The van der Waals surface area contributed by atoms with Crippen LogP contribution in [-0.4, -0.2) is 19.7 Å². The van der Waals surface area contributed by atoms with Gasteiger partial charge in [0, 0.05) is 19.2 Å². The van der Waals surface area contributed by atoms with E-state index in [0.717, 1.165) is 12.4 Å². The van der Waals surface area contributed by atoms with E-state index in [0.29, 0.717) is 28.1 Å². The van der Waals surface area contributed by atoms with E-state index in [1.54, 1.807) is 18.6 Å². The molecule has 2 aromatic rings. The first-order valence-corrected chi connectivity index (χ1v) is 7.40. The second kappa shape index (κ2) is 7.17. The van der Waals surface area contributed by atoms with Crippen LogP contribution in [0.4, 0.5) is 0 Å². The second-order valence-corrected chi connectivity index (χ2v) is 6.04. The van der Waals surface area contributed by atoms with Crippen LogP contribution >= 0.6 is 23.2 Å². The van der Waals surface area contributed by atoms with Crippen LogP contribution in [0.1, 0.15) is 31.4 Å². The van der Waals surface area contributed by atoms with E-state index >= 15 is 0 Å². The lowest BCUT2D eigenvalue weighted by Gasteiger charge is -2.17. The molecule has 0 bridgehead atoms. The van der Waals surface area contributed by atoms with Gasteiger partial charge < -0.3 is 0 Å². The Morgan fingerprint density at radius 2 is 2.10 bits per heavy atom. The monoisotopic (exact) mass is 328 g/mol. The van der Waals surface area contributed by atoms with Gasteiger partial charge >= 0.3 is 0 Å². The zero-order valence-corrected chi connectivity index (χ0v) is 13.4. The molecule has 1 atom stereocenters. The Kier molecular flexibility index (Phi) is 5.52. The van der Waals surface area contributed by atoms with Gasteiger partial charge in [-0.3, -0.25) is 16.3 Å². The van der Waals surface area contributed by atoms with Crippen LogP contribution in [0.5, 0.6) is 0 Å². The van der Waals surface area contributed by atoms with Gasteiger partial charge in [-0.1, -0.05) is 37.0 Å². The van der Waals surface area contributed by atoms with Crippen LogP contribution in [-0.2, 0) is 13.0 Å². The lowest BCUT2D eigenvalue weighted by atomic mass is 10.1. The molecule has 0 aliphatic rings. The maximum absolute atomic E-state index is 6.18. The molecule has 2 heterocycles. The van der Waals surface area contributed by atoms with Gasteiger partial charge in [0.1, 0.15) is 12.2 Å². The van der Waals surface area contributed by atoms with E-state index in [2.05, 4.69) is 34.3 Å². The third kappa shape index (κ3) is 4.14. The molecule has 0 saturated heterocycles. The Morgan fingerprint density at radius 1 is 1.33 bits per heavy atom. The van der Waals surface area contributed by atoms with E-state index in [9.17, 15) is 0 Å². The van der Waals surface area contributed by atoms with Gasteiger partial charge in [0.2, 0.25) is 0 Å². The first kappa shape index (κ1) is 16.2. The molecule has 8 heteroatoms. The summed E-state index contributed by atoms with van der Waals surface area (Å²) in [5.74, 6) is 6.95. The smallest absolute Gasteiger partial charge is 0.138 e. The lowest BCUT2D eigenvalue weighted by Crippen LogP contribution is -2.31. The third-order valence-corrected chi connectivity index (χ3v) is 3.50. The van der Waals surface area contributed by atoms with Crippen molar-refractivity contribution < 1.29 is 0 Å². The minimum Gasteiger partial charge on any atom is -0.271 e. The fourth-order valence-corrected chi connectivity index (χ4v) is 2.56. The molecular formula is C13H18Cl2N6. The van der Waals surface area contributed by atoms with E-state index in [1.165, 1.54) is 0 Å². The molecule has 0 radical (unpaired) electrons. The van der Waals surface area contributed by atoms with Crippen LogP contribution in [0.2, 0.25) is 10.0 Å². The largest absolute Gasteiger partial charge is 0.271 e. The Hall–Kier alpha value is -1.21. The Morgan fingerprint density at radius 3 is 2.71 bits per heavy atom. The van der Waals surface area contributed by atoms with Crippen LogP contribution in [0.25, 0.3) is 0 Å². The van der Waals surface area contributed by atoms with Gasteiger partial charge in [0.05, 0.1) is 21.8 Å². The number of halogens is 2. The second-order valence-electron chi connectivity index (χ2n) is 5.20. The summed E-state index contributed by atoms with van der Waals surface area (Å²) in [7, 11) is 0. The highest BCUT2D eigenvalue weighted by atomic mass is 35.5. The molecule has 2 rings (SSSR count). The minimum atomic E-state index is -0.259. The first-order chi connectivity index (χ1) is 10.0. The molecule has 1 unspecified atom stereocenters. The van der Waals surface area contributed by atoms with Gasteiger partial charge in [-0.15, -0.1) is 0 Å². The average Bonchev–Trinajstić information content (AvgIpc) is 2.83. The highest BCUT2D eigenvalue weighted by Crippen LogP contribution is 2.25. The summed E-state index contributed by atoms with van der Waals surface area (Å²) in [6, 6.07) is 1.39. The molecule has 114 valence electrons. The van der Waals surface area contributed by atoms with Crippen molar-refractivity contribution in [3.63, 3.8) is 0 Å². The van der Waals surface area contributed by atoms with Crippen molar-refractivity contribution in [2.75, 3.05) is 0 Å². The fourth-order valence-electron chi connectivity index (χ4n) is 2.04. The molecule has 2 aromatic heterocycles. The van der Waals surface area contributed by atoms with Crippen LogP contribution < -0.4 is 11.3 Å². The van der Waals surface area contributed by atoms with Crippen molar-refractivity contribution in [3.05, 3.63) is 40.2 Å². The molecule has 21 heavy (non-hydrogen) atoms. The Bertz CT molecular complexity index is 598. The van der Waals surface area contributed by atoms with Crippen molar-refractivity contribution in [2.45, 2.75) is 32.9 Å².